The lowest BCUT2D eigenvalue weighted by atomic mass is 10.1. The molecule has 1 aromatic rings. The van der Waals surface area contributed by atoms with Crippen LogP contribution >= 0.6 is 0 Å². The summed E-state index contributed by atoms with van der Waals surface area (Å²) in [7, 11) is -3.91. The first kappa shape index (κ1) is 15.0. The summed E-state index contributed by atoms with van der Waals surface area (Å²) >= 11 is 0. The zero-order chi connectivity index (χ0) is 14.8. The molecule has 1 heterocycles. The van der Waals surface area contributed by atoms with Crippen LogP contribution in [0.5, 0.6) is 0 Å². The van der Waals surface area contributed by atoms with Crippen molar-refractivity contribution in [2.24, 2.45) is 0 Å². The van der Waals surface area contributed by atoms with Gasteiger partial charge in [-0.05, 0) is 25.0 Å². The number of nitrogens with zero attached hydrogens (tertiary/aromatic N) is 1. The molecule has 2 rings (SSSR count). The molecule has 0 spiro atoms. The lowest BCUT2D eigenvalue weighted by molar-refractivity contribution is 0.0692. The van der Waals surface area contributed by atoms with E-state index in [1.807, 2.05) is 0 Å². The van der Waals surface area contributed by atoms with Crippen molar-refractivity contribution in [2.75, 3.05) is 13.2 Å². The molecule has 1 saturated heterocycles. The third-order valence-corrected chi connectivity index (χ3v) is 5.50. The molecule has 1 aliphatic rings. The predicted octanol–water partition coefficient (Wildman–Crippen LogP) is 0.920. The summed E-state index contributed by atoms with van der Waals surface area (Å²) in [5.74, 6) is -1.28. The summed E-state index contributed by atoms with van der Waals surface area (Å²) < 4.78 is 26.5. The third-order valence-electron chi connectivity index (χ3n) is 3.49. The molecule has 0 aliphatic carbocycles. The second-order valence-corrected chi connectivity index (χ2v) is 6.61. The summed E-state index contributed by atoms with van der Waals surface area (Å²) in [4.78, 5) is 11.0. The van der Waals surface area contributed by atoms with Gasteiger partial charge < -0.3 is 10.2 Å². The molecule has 0 radical (unpaired) electrons. The quantitative estimate of drug-likeness (QED) is 0.862. The van der Waals surface area contributed by atoms with Crippen LogP contribution in [-0.4, -0.2) is 48.1 Å². The Morgan fingerprint density at radius 3 is 2.65 bits per heavy atom. The first-order valence-electron chi connectivity index (χ1n) is 6.43. The zero-order valence-corrected chi connectivity index (χ0v) is 11.7. The summed E-state index contributed by atoms with van der Waals surface area (Å²) in [6.45, 7) is 0.0516. The Morgan fingerprint density at radius 2 is 2.00 bits per heavy atom. The van der Waals surface area contributed by atoms with Gasteiger partial charge >= 0.3 is 5.97 Å². The lowest BCUT2D eigenvalue weighted by Gasteiger charge is -2.33. The van der Waals surface area contributed by atoms with Crippen molar-refractivity contribution in [2.45, 2.75) is 30.2 Å². The number of aliphatic hydroxyl groups is 1. The van der Waals surface area contributed by atoms with Crippen LogP contribution in [0.25, 0.3) is 0 Å². The average Bonchev–Trinajstić information content (AvgIpc) is 2.47. The number of sulfonamides is 1. The molecule has 7 heteroatoms. The molecule has 1 atom stereocenters. The fraction of sp³-hybridized carbons (Fsp3) is 0.462. The van der Waals surface area contributed by atoms with E-state index in [1.165, 1.54) is 28.6 Å². The smallest absolute Gasteiger partial charge is 0.337 e. The number of carboxylic acid groups (broad SMARTS) is 1. The third kappa shape index (κ3) is 2.70. The maximum Gasteiger partial charge on any atom is 0.337 e. The number of carbonyl (C=O) groups is 1. The Bertz CT molecular complexity index is 599. The van der Waals surface area contributed by atoms with E-state index >= 15 is 0 Å². The van der Waals surface area contributed by atoms with E-state index in [0.717, 1.165) is 6.42 Å². The molecule has 110 valence electrons. The van der Waals surface area contributed by atoms with Crippen LogP contribution < -0.4 is 0 Å². The van der Waals surface area contributed by atoms with Gasteiger partial charge in [-0.25, -0.2) is 13.2 Å². The highest BCUT2D eigenvalue weighted by Crippen LogP contribution is 2.27. The number of aliphatic hydroxyl groups excluding tert-OH is 1. The Labute approximate surface area is 117 Å². The number of aromatic carboxylic acids is 1. The highest BCUT2D eigenvalue weighted by Gasteiger charge is 2.35. The van der Waals surface area contributed by atoms with Crippen molar-refractivity contribution < 1.29 is 23.4 Å². The number of carboxylic acids is 1. The van der Waals surface area contributed by atoms with Gasteiger partial charge in [-0.1, -0.05) is 18.6 Å². The van der Waals surface area contributed by atoms with E-state index in [0.29, 0.717) is 19.4 Å². The van der Waals surface area contributed by atoms with Gasteiger partial charge in [0.1, 0.15) is 0 Å². The van der Waals surface area contributed by atoms with Crippen LogP contribution in [0, 0.1) is 0 Å². The fourth-order valence-electron chi connectivity index (χ4n) is 2.47. The minimum Gasteiger partial charge on any atom is -0.478 e. The zero-order valence-electron chi connectivity index (χ0n) is 10.9. The standard InChI is InChI=1S/C13H17NO5S/c15-9-10-5-3-4-8-14(10)20(18,19)12-7-2-1-6-11(12)13(16)17/h1-2,6-7,10,15H,3-5,8-9H2,(H,16,17). The molecule has 1 aliphatic heterocycles. The van der Waals surface area contributed by atoms with E-state index in [2.05, 4.69) is 0 Å². The number of rotatable bonds is 4. The largest absolute Gasteiger partial charge is 0.478 e. The van der Waals surface area contributed by atoms with Crippen molar-refractivity contribution in [3.63, 3.8) is 0 Å². The molecule has 0 aromatic heterocycles. The van der Waals surface area contributed by atoms with Crippen LogP contribution in [0.2, 0.25) is 0 Å². The maximum atomic E-state index is 12.6. The van der Waals surface area contributed by atoms with Gasteiger partial charge in [0.25, 0.3) is 0 Å². The van der Waals surface area contributed by atoms with Crippen LogP contribution in [0.15, 0.2) is 29.2 Å². The first-order valence-corrected chi connectivity index (χ1v) is 7.87. The molecule has 1 fully saturated rings. The van der Waals surface area contributed by atoms with Gasteiger partial charge in [-0.2, -0.15) is 4.31 Å². The second-order valence-electron chi connectivity index (χ2n) is 4.75. The summed E-state index contributed by atoms with van der Waals surface area (Å²) in [5.41, 5.74) is -0.241. The van der Waals surface area contributed by atoms with Crippen molar-refractivity contribution in [1.29, 1.82) is 0 Å². The molecule has 2 N–H and O–H groups in total. The maximum absolute atomic E-state index is 12.6. The fourth-order valence-corrected chi connectivity index (χ4v) is 4.34. The minimum atomic E-state index is -3.91. The number of hydrogen-bond acceptors (Lipinski definition) is 4. The van der Waals surface area contributed by atoms with E-state index in [1.54, 1.807) is 0 Å². The molecule has 0 bridgehead atoms. The first-order chi connectivity index (χ1) is 9.48. The second kappa shape index (κ2) is 5.90. The van der Waals surface area contributed by atoms with E-state index in [-0.39, 0.29) is 17.1 Å². The van der Waals surface area contributed by atoms with Crippen molar-refractivity contribution in [3.8, 4) is 0 Å². The summed E-state index contributed by atoms with van der Waals surface area (Å²) in [5, 5.41) is 18.4. The minimum absolute atomic E-state index is 0.215. The van der Waals surface area contributed by atoms with Crippen molar-refractivity contribution in [3.05, 3.63) is 29.8 Å². The molecule has 20 heavy (non-hydrogen) atoms. The monoisotopic (exact) mass is 299 g/mol. The molecule has 6 nitrogen and oxygen atoms in total. The molecule has 1 aromatic carbocycles. The molecule has 0 saturated carbocycles. The van der Waals surface area contributed by atoms with Crippen molar-refractivity contribution in [1.82, 2.24) is 4.31 Å². The van der Waals surface area contributed by atoms with Crippen LogP contribution in [0.1, 0.15) is 29.6 Å². The molecular weight excluding hydrogens is 282 g/mol. The van der Waals surface area contributed by atoms with Gasteiger partial charge in [-0.3, -0.25) is 0 Å². The summed E-state index contributed by atoms with van der Waals surface area (Å²) in [6, 6.07) is 5.07. The topological polar surface area (TPSA) is 94.9 Å². The summed E-state index contributed by atoms with van der Waals surface area (Å²) in [6.07, 6.45) is 2.16. The van der Waals surface area contributed by atoms with E-state index < -0.39 is 22.0 Å². The number of hydrogen-bond donors (Lipinski definition) is 2. The van der Waals surface area contributed by atoms with Crippen LogP contribution in [0.3, 0.4) is 0 Å². The molecule has 1 unspecified atom stereocenters. The van der Waals surface area contributed by atoms with Crippen LogP contribution in [0.4, 0.5) is 0 Å². The number of benzene rings is 1. The van der Waals surface area contributed by atoms with Gasteiger partial charge in [0, 0.05) is 12.6 Å². The van der Waals surface area contributed by atoms with E-state index in [9.17, 15) is 18.3 Å². The number of piperidine rings is 1. The Hall–Kier alpha value is -1.44. The molecular formula is C13H17NO5S. The highest BCUT2D eigenvalue weighted by atomic mass is 32.2. The van der Waals surface area contributed by atoms with Crippen LogP contribution in [-0.2, 0) is 10.0 Å². The highest BCUT2D eigenvalue weighted by molar-refractivity contribution is 7.89. The lowest BCUT2D eigenvalue weighted by Crippen LogP contribution is -2.45. The van der Waals surface area contributed by atoms with Gasteiger partial charge in [0.05, 0.1) is 17.1 Å². The predicted molar refractivity (Wildman–Crippen MR) is 72.0 cm³/mol. The Balaban J connectivity index is 2.47. The van der Waals surface area contributed by atoms with Gasteiger partial charge in [0.15, 0.2) is 0 Å². The van der Waals surface area contributed by atoms with Gasteiger partial charge in [-0.15, -0.1) is 0 Å². The average molecular weight is 299 g/mol. The normalized spacial score (nSPS) is 20.8. The molecule has 0 amide bonds. The SMILES string of the molecule is O=C(O)c1ccccc1S(=O)(=O)N1CCCCC1CO. The van der Waals surface area contributed by atoms with Gasteiger partial charge in [0.2, 0.25) is 10.0 Å². The Kier molecular flexibility index (Phi) is 4.42. The van der Waals surface area contributed by atoms with E-state index in [4.69, 9.17) is 5.11 Å². The van der Waals surface area contributed by atoms with Crippen molar-refractivity contribution >= 4 is 16.0 Å². The Morgan fingerprint density at radius 1 is 1.30 bits per heavy atom.